The zero-order valence-electron chi connectivity index (χ0n) is 14.4. The average molecular weight is 340 g/mol. The maximum atomic E-state index is 14.2. The number of aryl methyl sites for hydroxylation is 1. The van der Waals surface area contributed by atoms with Crippen LogP contribution in [0.4, 0.5) is 4.39 Å². The Kier molecular flexibility index (Phi) is 4.83. The summed E-state index contributed by atoms with van der Waals surface area (Å²) in [6, 6.07) is 8.67. The molecule has 25 heavy (non-hydrogen) atoms. The number of carbonyl (C=O) groups excluding carboxylic acids is 2. The van der Waals surface area contributed by atoms with Gasteiger partial charge < -0.3 is 10.6 Å². The molecule has 2 N–H and O–H groups in total. The van der Waals surface area contributed by atoms with E-state index in [1.165, 1.54) is 24.7 Å². The topological polar surface area (TPSA) is 58.2 Å². The van der Waals surface area contributed by atoms with Crippen molar-refractivity contribution < 1.29 is 14.0 Å². The Balaban J connectivity index is 1.95. The minimum Gasteiger partial charge on any atom is -0.355 e. The first-order valence-corrected chi connectivity index (χ1v) is 8.46. The van der Waals surface area contributed by atoms with Gasteiger partial charge in [-0.3, -0.25) is 9.59 Å². The maximum Gasteiger partial charge on any atom is 0.253 e. The molecular weight excluding hydrogens is 319 g/mol. The third-order valence-electron chi connectivity index (χ3n) is 4.63. The largest absolute Gasteiger partial charge is 0.355 e. The molecular formula is C20H21FN2O2. The fraction of sp³-hybridized carbons (Fsp3) is 0.300. The van der Waals surface area contributed by atoms with Gasteiger partial charge in [0.2, 0.25) is 0 Å². The number of amides is 2. The van der Waals surface area contributed by atoms with Crippen LogP contribution in [0, 0.1) is 5.82 Å². The molecule has 0 atom stereocenters. The molecule has 1 heterocycles. The summed E-state index contributed by atoms with van der Waals surface area (Å²) in [6.45, 7) is 2.74. The van der Waals surface area contributed by atoms with E-state index in [2.05, 4.69) is 23.6 Å². The van der Waals surface area contributed by atoms with Crippen molar-refractivity contribution in [1.29, 1.82) is 0 Å². The fourth-order valence-electron chi connectivity index (χ4n) is 3.27. The molecule has 2 amide bonds. The van der Waals surface area contributed by atoms with Crippen molar-refractivity contribution in [3.63, 3.8) is 0 Å². The third kappa shape index (κ3) is 3.40. The monoisotopic (exact) mass is 340 g/mol. The molecule has 0 aromatic heterocycles. The molecule has 1 aliphatic heterocycles. The summed E-state index contributed by atoms with van der Waals surface area (Å²) in [5, 5.41) is 5.28. The van der Waals surface area contributed by atoms with Gasteiger partial charge in [0, 0.05) is 19.2 Å². The fourth-order valence-corrected chi connectivity index (χ4v) is 3.27. The molecule has 0 saturated carbocycles. The first-order chi connectivity index (χ1) is 12.0. The molecule has 130 valence electrons. The summed E-state index contributed by atoms with van der Waals surface area (Å²) in [4.78, 5) is 23.7. The lowest BCUT2D eigenvalue weighted by atomic mass is 9.90. The molecule has 5 heteroatoms. The quantitative estimate of drug-likeness (QED) is 0.899. The van der Waals surface area contributed by atoms with Gasteiger partial charge in [-0.25, -0.2) is 4.39 Å². The summed E-state index contributed by atoms with van der Waals surface area (Å²) in [7, 11) is 1.47. The van der Waals surface area contributed by atoms with Crippen molar-refractivity contribution in [1.82, 2.24) is 10.6 Å². The van der Waals surface area contributed by atoms with Gasteiger partial charge in [0.15, 0.2) is 0 Å². The number of fused-ring (bicyclic) bond motifs is 1. The average Bonchev–Trinajstić information content (AvgIpc) is 2.61. The van der Waals surface area contributed by atoms with Crippen LogP contribution in [0.1, 0.15) is 49.9 Å². The molecule has 1 aliphatic rings. The highest BCUT2D eigenvalue weighted by atomic mass is 19.1. The molecule has 0 aliphatic carbocycles. The third-order valence-corrected chi connectivity index (χ3v) is 4.63. The van der Waals surface area contributed by atoms with E-state index in [0.29, 0.717) is 18.5 Å². The molecule has 0 unspecified atom stereocenters. The first-order valence-electron chi connectivity index (χ1n) is 8.46. The highest BCUT2D eigenvalue weighted by Crippen LogP contribution is 2.24. The van der Waals surface area contributed by atoms with E-state index in [4.69, 9.17) is 0 Å². The van der Waals surface area contributed by atoms with E-state index >= 15 is 0 Å². The number of carbonyl (C=O) groups is 2. The molecule has 0 fully saturated rings. The van der Waals surface area contributed by atoms with Crippen molar-refractivity contribution in [2.75, 3.05) is 13.6 Å². The second-order valence-electron chi connectivity index (χ2n) is 6.21. The summed E-state index contributed by atoms with van der Waals surface area (Å²) < 4.78 is 14.2. The Morgan fingerprint density at radius 1 is 1.24 bits per heavy atom. The number of rotatable bonds is 4. The Bertz CT molecular complexity index is 846. The van der Waals surface area contributed by atoms with E-state index in [0.717, 1.165) is 29.5 Å². The number of hydrogen-bond acceptors (Lipinski definition) is 2. The van der Waals surface area contributed by atoms with Crippen LogP contribution in [0.3, 0.4) is 0 Å². The zero-order chi connectivity index (χ0) is 18.0. The normalized spacial score (nSPS) is 13.2. The van der Waals surface area contributed by atoms with Crippen LogP contribution >= 0.6 is 0 Å². The van der Waals surface area contributed by atoms with Crippen molar-refractivity contribution in [2.45, 2.75) is 26.2 Å². The standard InChI is InChI=1S/C20H21FN2O2/c1-3-13-10-14-6-7-23-20(25)17(14)11-15(13)8-12-4-5-16(18(21)9-12)19(24)22-2/h4-5,9-11H,3,6-8H2,1-2H3,(H,22,24)(H,23,25). The van der Waals surface area contributed by atoms with E-state index in [1.54, 1.807) is 6.07 Å². The molecule has 0 radical (unpaired) electrons. The molecule has 0 spiro atoms. The highest BCUT2D eigenvalue weighted by molar-refractivity contribution is 5.97. The summed E-state index contributed by atoms with van der Waals surface area (Å²) in [6.07, 6.45) is 2.21. The molecule has 0 bridgehead atoms. The minimum absolute atomic E-state index is 0.0341. The minimum atomic E-state index is -0.536. The van der Waals surface area contributed by atoms with E-state index in [1.807, 2.05) is 6.07 Å². The molecule has 2 aromatic rings. The second kappa shape index (κ2) is 7.05. The molecule has 4 nitrogen and oxygen atoms in total. The predicted octanol–water partition coefficient (Wildman–Crippen LogP) is 2.62. The van der Waals surface area contributed by atoms with Crippen LogP contribution in [0.2, 0.25) is 0 Å². The SMILES string of the molecule is CCc1cc2c(cc1Cc1ccc(C(=O)NC)c(F)c1)C(=O)NCC2. The van der Waals surface area contributed by atoms with Gasteiger partial charge in [0.05, 0.1) is 5.56 Å². The zero-order valence-corrected chi connectivity index (χ0v) is 14.4. The summed E-state index contributed by atoms with van der Waals surface area (Å²) >= 11 is 0. The Labute approximate surface area is 146 Å². The Morgan fingerprint density at radius 2 is 2.04 bits per heavy atom. The van der Waals surface area contributed by atoms with Gasteiger partial charge in [-0.1, -0.05) is 19.1 Å². The van der Waals surface area contributed by atoms with E-state index in [9.17, 15) is 14.0 Å². The molecule has 0 saturated heterocycles. The van der Waals surface area contributed by atoms with Crippen LogP contribution in [0.15, 0.2) is 30.3 Å². The molecule has 3 rings (SSSR count). The Hall–Kier alpha value is -2.69. The lowest BCUT2D eigenvalue weighted by Crippen LogP contribution is -2.32. The van der Waals surface area contributed by atoms with Gasteiger partial charge in [0.1, 0.15) is 5.82 Å². The lowest BCUT2D eigenvalue weighted by Gasteiger charge is -2.20. The predicted molar refractivity (Wildman–Crippen MR) is 94.5 cm³/mol. The van der Waals surface area contributed by atoms with Crippen molar-refractivity contribution in [3.8, 4) is 0 Å². The van der Waals surface area contributed by atoms with Crippen molar-refractivity contribution in [2.24, 2.45) is 0 Å². The maximum absolute atomic E-state index is 14.2. The van der Waals surface area contributed by atoms with Gasteiger partial charge in [-0.2, -0.15) is 0 Å². The van der Waals surface area contributed by atoms with Gasteiger partial charge in [-0.15, -0.1) is 0 Å². The number of halogens is 1. The second-order valence-corrected chi connectivity index (χ2v) is 6.21. The van der Waals surface area contributed by atoms with E-state index in [-0.39, 0.29) is 11.5 Å². The van der Waals surface area contributed by atoms with Crippen molar-refractivity contribution in [3.05, 3.63) is 69.5 Å². The number of benzene rings is 2. The van der Waals surface area contributed by atoms with Crippen molar-refractivity contribution >= 4 is 11.8 Å². The smallest absolute Gasteiger partial charge is 0.253 e. The molecule has 2 aromatic carbocycles. The van der Waals surface area contributed by atoms with Crippen LogP contribution in [0.25, 0.3) is 0 Å². The van der Waals surface area contributed by atoms with Crippen LogP contribution in [-0.4, -0.2) is 25.4 Å². The summed E-state index contributed by atoms with van der Waals surface area (Å²) in [5.41, 5.74) is 4.78. The van der Waals surface area contributed by atoms with Gasteiger partial charge in [0.25, 0.3) is 11.8 Å². The Morgan fingerprint density at radius 3 is 2.72 bits per heavy atom. The van der Waals surface area contributed by atoms with E-state index < -0.39 is 11.7 Å². The van der Waals surface area contributed by atoms with Crippen LogP contribution in [0.5, 0.6) is 0 Å². The highest BCUT2D eigenvalue weighted by Gasteiger charge is 2.19. The van der Waals surface area contributed by atoms with Gasteiger partial charge in [-0.05, 0) is 59.7 Å². The number of nitrogens with one attached hydrogen (secondary N) is 2. The van der Waals surface area contributed by atoms with Gasteiger partial charge >= 0.3 is 0 Å². The van der Waals surface area contributed by atoms with Crippen LogP contribution < -0.4 is 10.6 Å². The first kappa shape index (κ1) is 17.1. The van der Waals surface area contributed by atoms with Crippen LogP contribution in [-0.2, 0) is 19.3 Å². The summed E-state index contributed by atoms with van der Waals surface area (Å²) in [5.74, 6) is -1.03. The lowest BCUT2D eigenvalue weighted by molar-refractivity contribution is 0.0941. The number of hydrogen-bond donors (Lipinski definition) is 2.